The van der Waals surface area contributed by atoms with Crippen LogP contribution in [0.5, 0.6) is 0 Å². The third kappa shape index (κ3) is 1.99. The maximum atomic E-state index is 13.8. The van der Waals surface area contributed by atoms with Crippen LogP contribution in [0.3, 0.4) is 0 Å². The molecule has 0 aliphatic carbocycles. The van der Waals surface area contributed by atoms with Gasteiger partial charge in [-0.05, 0) is 12.1 Å². The third-order valence-electron chi connectivity index (χ3n) is 2.29. The summed E-state index contributed by atoms with van der Waals surface area (Å²) >= 11 is 0. The highest BCUT2D eigenvalue weighted by molar-refractivity contribution is 5.90. The average molecular weight is 235 g/mol. The summed E-state index contributed by atoms with van der Waals surface area (Å²) < 4.78 is 27.2. The standard InChI is InChI=1S/C12H7F2NO2/c13-10-6-15-5-4-7(10)8-2-1-3-9(11(8)14)12(16)17/h1-6H,(H,16,17). The highest BCUT2D eigenvalue weighted by Gasteiger charge is 2.16. The van der Waals surface area contributed by atoms with E-state index in [4.69, 9.17) is 5.11 Å². The maximum Gasteiger partial charge on any atom is 0.338 e. The fourth-order valence-corrected chi connectivity index (χ4v) is 1.50. The number of carboxylic acids is 1. The van der Waals surface area contributed by atoms with Crippen molar-refractivity contribution in [2.45, 2.75) is 0 Å². The van der Waals surface area contributed by atoms with E-state index < -0.39 is 23.2 Å². The van der Waals surface area contributed by atoms with E-state index in [1.807, 2.05) is 0 Å². The van der Waals surface area contributed by atoms with Crippen molar-refractivity contribution in [1.82, 2.24) is 4.98 Å². The van der Waals surface area contributed by atoms with Crippen molar-refractivity contribution in [1.29, 1.82) is 0 Å². The Morgan fingerprint density at radius 2 is 1.94 bits per heavy atom. The summed E-state index contributed by atoms with van der Waals surface area (Å²) in [4.78, 5) is 14.3. The molecule has 0 bridgehead atoms. The summed E-state index contributed by atoms with van der Waals surface area (Å²) in [5, 5.41) is 8.76. The van der Waals surface area contributed by atoms with Crippen LogP contribution in [-0.4, -0.2) is 16.1 Å². The van der Waals surface area contributed by atoms with Crippen LogP contribution in [0.15, 0.2) is 36.7 Å². The molecule has 3 nitrogen and oxygen atoms in total. The second kappa shape index (κ2) is 4.29. The SMILES string of the molecule is O=C(O)c1cccc(-c2ccncc2F)c1F. The molecule has 0 radical (unpaired) electrons. The van der Waals surface area contributed by atoms with Gasteiger partial charge in [-0.15, -0.1) is 0 Å². The zero-order chi connectivity index (χ0) is 12.4. The molecule has 86 valence electrons. The van der Waals surface area contributed by atoms with E-state index in [1.165, 1.54) is 24.4 Å². The smallest absolute Gasteiger partial charge is 0.338 e. The van der Waals surface area contributed by atoms with Crippen LogP contribution in [0.2, 0.25) is 0 Å². The second-order valence-electron chi connectivity index (χ2n) is 3.33. The Kier molecular flexibility index (Phi) is 2.82. The number of hydrogen-bond acceptors (Lipinski definition) is 2. The van der Waals surface area contributed by atoms with Crippen LogP contribution >= 0.6 is 0 Å². The van der Waals surface area contributed by atoms with Crippen molar-refractivity contribution in [2.24, 2.45) is 0 Å². The van der Waals surface area contributed by atoms with Gasteiger partial charge in [-0.3, -0.25) is 4.98 Å². The van der Waals surface area contributed by atoms with Gasteiger partial charge in [-0.1, -0.05) is 12.1 Å². The van der Waals surface area contributed by atoms with E-state index in [2.05, 4.69) is 4.98 Å². The minimum atomic E-state index is -1.39. The monoisotopic (exact) mass is 235 g/mol. The van der Waals surface area contributed by atoms with E-state index >= 15 is 0 Å². The topological polar surface area (TPSA) is 50.2 Å². The van der Waals surface area contributed by atoms with Crippen LogP contribution < -0.4 is 0 Å². The van der Waals surface area contributed by atoms with Gasteiger partial charge in [0.05, 0.1) is 11.8 Å². The van der Waals surface area contributed by atoms with E-state index in [9.17, 15) is 13.6 Å². The lowest BCUT2D eigenvalue weighted by Crippen LogP contribution is -2.02. The molecule has 2 rings (SSSR count). The van der Waals surface area contributed by atoms with E-state index in [1.54, 1.807) is 0 Å². The van der Waals surface area contributed by atoms with Gasteiger partial charge in [-0.25, -0.2) is 13.6 Å². The lowest BCUT2D eigenvalue weighted by atomic mass is 10.0. The Bertz CT molecular complexity index is 584. The van der Waals surface area contributed by atoms with Crippen LogP contribution in [0.1, 0.15) is 10.4 Å². The molecule has 0 atom stereocenters. The van der Waals surface area contributed by atoms with Gasteiger partial charge >= 0.3 is 5.97 Å². The molecule has 0 unspecified atom stereocenters. The zero-order valence-electron chi connectivity index (χ0n) is 8.52. The number of pyridine rings is 1. The van der Waals surface area contributed by atoms with Crippen molar-refractivity contribution < 1.29 is 18.7 Å². The summed E-state index contributed by atoms with van der Waals surface area (Å²) in [6.45, 7) is 0. The summed E-state index contributed by atoms with van der Waals surface area (Å²) in [6.07, 6.45) is 2.26. The fourth-order valence-electron chi connectivity index (χ4n) is 1.50. The summed E-state index contributed by atoms with van der Waals surface area (Å²) in [6, 6.07) is 5.10. The summed E-state index contributed by atoms with van der Waals surface area (Å²) in [5.41, 5.74) is -0.593. The van der Waals surface area contributed by atoms with E-state index in [0.717, 1.165) is 12.3 Å². The number of rotatable bonds is 2. The first-order chi connectivity index (χ1) is 8.11. The van der Waals surface area contributed by atoms with Gasteiger partial charge in [0.1, 0.15) is 11.6 Å². The highest BCUT2D eigenvalue weighted by Crippen LogP contribution is 2.26. The average Bonchev–Trinajstić information content (AvgIpc) is 2.30. The summed E-state index contributed by atoms with van der Waals surface area (Å²) in [5.74, 6) is -3.04. The fraction of sp³-hybridized carbons (Fsp3) is 0. The number of aromatic carboxylic acids is 1. The van der Waals surface area contributed by atoms with Gasteiger partial charge in [0, 0.05) is 17.3 Å². The van der Waals surface area contributed by atoms with Crippen LogP contribution in [0.25, 0.3) is 11.1 Å². The van der Waals surface area contributed by atoms with Crippen molar-refractivity contribution >= 4 is 5.97 Å². The van der Waals surface area contributed by atoms with Crippen molar-refractivity contribution in [2.75, 3.05) is 0 Å². The Balaban J connectivity index is 2.65. The molecule has 0 amide bonds. The normalized spacial score (nSPS) is 10.2. The Labute approximate surface area is 95.4 Å². The molecule has 1 aromatic heterocycles. The quantitative estimate of drug-likeness (QED) is 0.870. The zero-order valence-corrected chi connectivity index (χ0v) is 8.52. The number of nitrogens with zero attached hydrogens (tertiary/aromatic N) is 1. The van der Waals surface area contributed by atoms with Crippen LogP contribution in [0.4, 0.5) is 8.78 Å². The van der Waals surface area contributed by atoms with E-state index in [-0.39, 0.29) is 11.1 Å². The van der Waals surface area contributed by atoms with Crippen molar-refractivity contribution in [3.63, 3.8) is 0 Å². The molecule has 17 heavy (non-hydrogen) atoms. The lowest BCUT2D eigenvalue weighted by molar-refractivity contribution is 0.0692. The molecule has 0 spiro atoms. The Hall–Kier alpha value is -2.30. The van der Waals surface area contributed by atoms with Gasteiger partial charge < -0.3 is 5.11 Å². The van der Waals surface area contributed by atoms with Gasteiger partial charge in [0.25, 0.3) is 0 Å². The Morgan fingerprint density at radius 1 is 1.18 bits per heavy atom. The minimum absolute atomic E-state index is 0.0133. The van der Waals surface area contributed by atoms with Gasteiger partial charge in [-0.2, -0.15) is 0 Å². The molecule has 5 heteroatoms. The molecule has 0 saturated carbocycles. The third-order valence-corrected chi connectivity index (χ3v) is 2.29. The minimum Gasteiger partial charge on any atom is -0.478 e. The van der Waals surface area contributed by atoms with E-state index in [0.29, 0.717) is 0 Å². The van der Waals surface area contributed by atoms with Crippen LogP contribution in [-0.2, 0) is 0 Å². The first kappa shape index (κ1) is 11.2. The van der Waals surface area contributed by atoms with Crippen LogP contribution in [0, 0.1) is 11.6 Å². The molecule has 1 heterocycles. The van der Waals surface area contributed by atoms with Crippen molar-refractivity contribution in [3.8, 4) is 11.1 Å². The van der Waals surface area contributed by atoms with Crippen molar-refractivity contribution in [3.05, 3.63) is 53.9 Å². The maximum absolute atomic E-state index is 13.8. The largest absolute Gasteiger partial charge is 0.478 e. The number of carbonyl (C=O) groups is 1. The number of aromatic nitrogens is 1. The molecular weight excluding hydrogens is 228 g/mol. The highest BCUT2D eigenvalue weighted by atomic mass is 19.1. The lowest BCUT2D eigenvalue weighted by Gasteiger charge is -2.06. The molecule has 1 N–H and O–H groups in total. The number of benzene rings is 1. The predicted octanol–water partition coefficient (Wildman–Crippen LogP) is 2.73. The summed E-state index contributed by atoms with van der Waals surface area (Å²) in [7, 11) is 0. The predicted molar refractivity (Wildman–Crippen MR) is 56.5 cm³/mol. The molecule has 0 aliphatic rings. The Morgan fingerprint density at radius 3 is 2.59 bits per heavy atom. The molecule has 0 saturated heterocycles. The van der Waals surface area contributed by atoms with Gasteiger partial charge in [0.15, 0.2) is 0 Å². The van der Waals surface area contributed by atoms with Gasteiger partial charge in [0.2, 0.25) is 0 Å². The molecule has 0 aliphatic heterocycles. The number of hydrogen-bond donors (Lipinski definition) is 1. The molecule has 2 aromatic rings. The molecule has 1 aromatic carbocycles. The molecule has 0 fully saturated rings. The number of carboxylic acid groups (broad SMARTS) is 1. The second-order valence-corrected chi connectivity index (χ2v) is 3.33. The number of halogens is 2. The first-order valence-corrected chi connectivity index (χ1v) is 4.73. The molecular formula is C12H7F2NO2. The first-order valence-electron chi connectivity index (χ1n) is 4.73.